The molecule has 0 rings (SSSR count). The maximum Gasteiger partial charge on any atom is 0.00383 e. The highest BCUT2D eigenvalue weighted by Gasteiger charge is 2.03. The summed E-state index contributed by atoms with van der Waals surface area (Å²) < 4.78 is 0. The highest BCUT2D eigenvalue weighted by atomic mass is 14.8. The van der Waals surface area contributed by atoms with Crippen LogP contribution in [0.5, 0.6) is 0 Å². The quantitative estimate of drug-likeness (QED) is 0.579. The van der Waals surface area contributed by atoms with Crippen molar-refractivity contribution in [3.05, 3.63) is 12.7 Å². The number of rotatable bonds is 5. The molecule has 10 heavy (non-hydrogen) atoms. The van der Waals surface area contributed by atoms with Gasteiger partial charge in [0.2, 0.25) is 0 Å². The number of hydrogen-bond acceptors (Lipinski definition) is 1. The molecule has 0 aromatic rings. The van der Waals surface area contributed by atoms with Crippen LogP contribution in [0.15, 0.2) is 12.7 Å². The third kappa shape index (κ3) is 4.57. The largest absolute Gasteiger partial charge is 0.317 e. The van der Waals surface area contributed by atoms with Crippen LogP contribution in [-0.4, -0.2) is 13.1 Å². The van der Waals surface area contributed by atoms with Gasteiger partial charge in [-0.3, -0.25) is 0 Å². The Morgan fingerprint density at radius 2 is 2.10 bits per heavy atom. The maximum atomic E-state index is 3.71. The molecule has 0 saturated heterocycles. The van der Waals surface area contributed by atoms with Crippen molar-refractivity contribution in [3.63, 3.8) is 0 Å². The Morgan fingerprint density at radius 1 is 1.50 bits per heavy atom. The third-order valence-corrected chi connectivity index (χ3v) is 1.82. The van der Waals surface area contributed by atoms with Gasteiger partial charge in [0.1, 0.15) is 0 Å². The lowest BCUT2D eigenvalue weighted by atomic mass is 10.00. The molecule has 0 bridgehead atoms. The van der Waals surface area contributed by atoms with Gasteiger partial charge in [-0.05, 0) is 32.7 Å². The van der Waals surface area contributed by atoms with Gasteiger partial charge < -0.3 is 5.32 Å². The first kappa shape index (κ1) is 9.70. The summed E-state index contributed by atoms with van der Waals surface area (Å²) in [6.45, 7) is 8.18. The predicted molar refractivity (Wildman–Crippen MR) is 47.1 cm³/mol. The molecule has 0 aliphatic carbocycles. The van der Waals surface area contributed by atoms with Gasteiger partial charge in [0.05, 0.1) is 0 Å². The van der Waals surface area contributed by atoms with Crippen LogP contribution < -0.4 is 5.32 Å². The summed E-state index contributed by atoms with van der Waals surface area (Å²) in [5.41, 5.74) is 0. The van der Waals surface area contributed by atoms with Crippen LogP contribution in [-0.2, 0) is 0 Å². The van der Waals surface area contributed by atoms with Crippen LogP contribution >= 0.6 is 0 Å². The van der Waals surface area contributed by atoms with Gasteiger partial charge in [-0.1, -0.05) is 13.0 Å². The van der Waals surface area contributed by atoms with E-state index >= 15 is 0 Å². The highest BCUT2D eigenvalue weighted by Crippen LogP contribution is 2.09. The molecule has 0 amide bonds. The molecule has 0 fully saturated rings. The molecule has 0 spiro atoms. The smallest absolute Gasteiger partial charge is 0.00383 e. The van der Waals surface area contributed by atoms with Crippen LogP contribution in [0, 0.1) is 5.92 Å². The Hall–Kier alpha value is -0.300. The number of allylic oxidation sites excluding steroid dienone is 1. The minimum absolute atomic E-state index is 0.634. The van der Waals surface area contributed by atoms with Gasteiger partial charge in [0.25, 0.3) is 0 Å². The summed E-state index contributed by atoms with van der Waals surface area (Å²) >= 11 is 0. The zero-order valence-corrected chi connectivity index (χ0v) is 7.35. The van der Waals surface area contributed by atoms with Crippen LogP contribution in [0.2, 0.25) is 0 Å². The first-order valence-corrected chi connectivity index (χ1v) is 3.98. The molecule has 60 valence electrons. The van der Waals surface area contributed by atoms with Crippen molar-refractivity contribution in [1.29, 1.82) is 0 Å². The van der Waals surface area contributed by atoms with E-state index in [1.807, 2.05) is 13.1 Å². The molecular weight excluding hydrogens is 122 g/mol. The monoisotopic (exact) mass is 141 g/mol. The first-order valence-electron chi connectivity index (χ1n) is 3.98. The van der Waals surface area contributed by atoms with Crippen molar-refractivity contribution >= 4 is 0 Å². The topological polar surface area (TPSA) is 12.0 Å². The lowest BCUT2D eigenvalue weighted by molar-refractivity contribution is 0.445. The fraction of sp³-hybridized carbons (Fsp3) is 0.778. The first-order chi connectivity index (χ1) is 4.70. The van der Waals surface area contributed by atoms with Crippen molar-refractivity contribution in [1.82, 2.24) is 5.32 Å². The van der Waals surface area contributed by atoms with E-state index in [9.17, 15) is 0 Å². The van der Waals surface area contributed by atoms with Gasteiger partial charge in [0, 0.05) is 6.04 Å². The SMILES string of the molecule is C=CCC(C)CC(C)NC. The molecule has 1 nitrogen and oxygen atoms in total. The van der Waals surface area contributed by atoms with Gasteiger partial charge in [-0.15, -0.1) is 6.58 Å². The average molecular weight is 141 g/mol. The summed E-state index contributed by atoms with van der Waals surface area (Å²) in [5.74, 6) is 0.764. The van der Waals surface area contributed by atoms with Gasteiger partial charge in [0.15, 0.2) is 0 Å². The van der Waals surface area contributed by atoms with E-state index in [0.717, 1.165) is 12.3 Å². The Kier molecular flexibility index (Phi) is 5.32. The van der Waals surface area contributed by atoms with Crippen molar-refractivity contribution in [2.24, 2.45) is 5.92 Å². The molecule has 0 radical (unpaired) electrons. The molecule has 0 aliphatic heterocycles. The maximum absolute atomic E-state index is 3.71. The van der Waals surface area contributed by atoms with E-state index in [2.05, 4.69) is 25.7 Å². The highest BCUT2D eigenvalue weighted by molar-refractivity contribution is 4.73. The fourth-order valence-corrected chi connectivity index (χ4v) is 1.10. The Balaban J connectivity index is 3.35. The Bertz CT molecular complexity index is 88.7. The Morgan fingerprint density at radius 3 is 2.50 bits per heavy atom. The van der Waals surface area contributed by atoms with Gasteiger partial charge in [-0.2, -0.15) is 0 Å². The van der Waals surface area contributed by atoms with Crippen LogP contribution in [0.25, 0.3) is 0 Å². The minimum atomic E-state index is 0.634. The van der Waals surface area contributed by atoms with Crippen LogP contribution in [0.4, 0.5) is 0 Å². The zero-order chi connectivity index (χ0) is 7.98. The van der Waals surface area contributed by atoms with E-state index in [-0.39, 0.29) is 0 Å². The summed E-state index contributed by atoms with van der Waals surface area (Å²) in [6.07, 6.45) is 4.36. The molecule has 0 aromatic carbocycles. The minimum Gasteiger partial charge on any atom is -0.317 e. The van der Waals surface area contributed by atoms with Crippen molar-refractivity contribution in [3.8, 4) is 0 Å². The third-order valence-electron chi connectivity index (χ3n) is 1.82. The van der Waals surface area contributed by atoms with E-state index < -0.39 is 0 Å². The van der Waals surface area contributed by atoms with E-state index in [4.69, 9.17) is 0 Å². The van der Waals surface area contributed by atoms with Gasteiger partial charge >= 0.3 is 0 Å². The van der Waals surface area contributed by atoms with Crippen molar-refractivity contribution < 1.29 is 0 Å². The van der Waals surface area contributed by atoms with Gasteiger partial charge in [-0.25, -0.2) is 0 Å². The molecule has 2 atom stereocenters. The summed E-state index contributed by atoms with van der Waals surface area (Å²) in [4.78, 5) is 0. The van der Waals surface area contributed by atoms with Crippen molar-refractivity contribution in [2.45, 2.75) is 32.7 Å². The second kappa shape index (κ2) is 5.48. The lowest BCUT2D eigenvalue weighted by Gasteiger charge is -2.14. The van der Waals surface area contributed by atoms with E-state index in [0.29, 0.717) is 6.04 Å². The molecule has 0 heterocycles. The standard InChI is InChI=1S/C9H19N/c1-5-6-8(2)7-9(3)10-4/h5,8-10H,1,6-7H2,2-4H3. The summed E-state index contributed by atoms with van der Waals surface area (Å²) in [6, 6.07) is 0.634. The second-order valence-corrected chi connectivity index (χ2v) is 3.05. The summed E-state index contributed by atoms with van der Waals surface area (Å²) in [7, 11) is 2.01. The summed E-state index contributed by atoms with van der Waals surface area (Å²) in [5, 5.41) is 3.22. The average Bonchev–Trinajstić information content (AvgIpc) is 1.88. The predicted octanol–water partition coefficient (Wildman–Crippen LogP) is 2.20. The van der Waals surface area contributed by atoms with E-state index in [1.54, 1.807) is 0 Å². The molecule has 0 aromatic heterocycles. The van der Waals surface area contributed by atoms with Crippen LogP contribution in [0.1, 0.15) is 26.7 Å². The number of hydrogen-bond donors (Lipinski definition) is 1. The second-order valence-electron chi connectivity index (χ2n) is 3.05. The van der Waals surface area contributed by atoms with Crippen LogP contribution in [0.3, 0.4) is 0 Å². The number of nitrogens with one attached hydrogen (secondary N) is 1. The fourth-order valence-electron chi connectivity index (χ4n) is 1.10. The molecule has 0 aliphatic rings. The van der Waals surface area contributed by atoms with E-state index in [1.165, 1.54) is 6.42 Å². The normalized spacial score (nSPS) is 16.3. The Labute approximate surface area is 64.5 Å². The zero-order valence-electron chi connectivity index (χ0n) is 7.35. The molecule has 2 unspecified atom stereocenters. The molecular formula is C9H19N. The van der Waals surface area contributed by atoms with Crippen molar-refractivity contribution in [2.75, 3.05) is 7.05 Å². The molecule has 1 heteroatoms. The molecule has 1 N–H and O–H groups in total. The molecule has 0 saturated carbocycles. The lowest BCUT2D eigenvalue weighted by Crippen LogP contribution is -2.23.